The standard InChI is InChI=1S/C11H17NO2/c13-10-7-4-8-12(11(10)14)9-5-2-1-3-6-9/h9H,1-8H2. The third-order valence-electron chi connectivity index (χ3n) is 3.32. The zero-order valence-corrected chi connectivity index (χ0v) is 8.50. The fraction of sp³-hybridized carbons (Fsp3) is 0.818. The van der Waals surface area contributed by atoms with Crippen molar-refractivity contribution in [1.82, 2.24) is 4.90 Å². The van der Waals surface area contributed by atoms with Gasteiger partial charge < -0.3 is 4.90 Å². The molecule has 1 amide bonds. The van der Waals surface area contributed by atoms with E-state index in [1.54, 1.807) is 0 Å². The average Bonchev–Trinajstić information content (AvgIpc) is 2.23. The second kappa shape index (κ2) is 4.11. The van der Waals surface area contributed by atoms with Crippen molar-refractivity contribution in [2.45, 2.75) is 51.0 Å². The molecular weight excluding hydrogens is 178 g/mol. The second-order valence-corrected chi connectivity index (χ2v) is 4.32. The van der Waals surface area contributed by atoms with Gasteiger partial charge in [0.05, 0.1) is 0 Å². The van der Waals surface area contributed by atoms with Crippen LogP contribution in [0.3, 0.4) is 0 Å². The van der Waals surface area contributed by atoms with Gasteiger partial charge in [-0.3, -0.25) is 9.59 Å². The predicted octanol–water partition coefficient (Wildman–Crippen LogP) is 1.51. The second-order valence-electron chi connectivity index (χ2n) is 4.32. The first-order valence-electron chi connectivity index (χ1n) is 5.63. The highest BCUT2D eigenvalue weighted by Crippen LogP contribution is 2.24. The molecule has 0 aromatic heterocycles. The number of rotatable bonds is 1. The molecule has 2 aliphatic rings. The highest BCUT2D eigenvalue weighted by atomic mass is 16.2. The Bertz CT molecular complexity index is 244. The van der Waals surface area contributed by atoms with E-state index in [9.17, 15) is 9.59 Å². The minimum atomic E-state index is -0.219. The van der Waals surface area contributed by atoms with Gasteiger partial charge in [-0.15, -0.1) is 0 Å². The lowest BCUT2D eigenvalue weighted by Gasteiger charge is -2.36. The number of hydrogen-bond donors (Lipinski definition) is 0. The summed E-state index contributed by atoms with van der Waals surface area (Å²) in [5.74, 6) is -0.398. The summed E-state index contributed by atoms with van der Waals surface area (Å²) >= 11 is 0. The summed E-state index contributed by atoms with van der Waals surface area (Å²) in [6.07, 6.45) is 7.22. The number of hydrogen-bond acceptors (Lipinski definition) is 2. The molecule has 3 nitrogen and oxygen atoms in total. The van der Waals surface area contributed by atoms with Gasteiger partial charge in [0.15, 0.2) is 0 Å². The van der Waals surface area contributed by atoms with Gasteiger partial charge in [-0.2, -0.15) is 0 Å². The van der Waals surface area contributed by atoms with Crippen molar-refractivity contribution in [3.8, 4) is 0 Å². The maximum absolute atomic E-state index is 11.6. The van der Waals surface area contributed by atoms with Crippen LogP contribution in [0, 0.1) is 0 Å². The molecule has 0 spiro atoms. The molecule has 0 N–H and O–H groups in total. The van der Waals surface area contributed by atoms with E-state index in [0.29, 0.717) is 12.5 Å². The zero-order valence-electron chi connectivity index (χ0n) is 8.50. The smallest absolute Gasteiger partial charge is 0.290 e. The van der Waals surface area contributed by atoms with Crippen molar-refractivity contribution in [1.29, 1.82) is 0 Å². The first-order chi connectivity index (χ1) is 6.79. The van der Waals surface area contributed by atoms with E-state index in [0.717, 1.165) is 25.8 Å². The molecule has 1 saturated carbocycles. The molecule has 1 aliphatic heterocycles. The minimum Gasteiger partial charge on any atom is -0.333 e. The lowest BCUT2D eigenvalue weighted by Crippen LogP contribution is -2.48. The Morgan fingerprint density at radius 1 is 1.00 bits per heavy atom. The van der Waals surface area contributed by atoms with Crippen LogP contribution in [0.15, 0.2) is 0 Å². The summed E-state index contributed by atoms with van der Waals surface area (Å²) in [6, 6.07) is 0.362. The summed E-state index contributed by atoms with van der Waals surface area (Å²) in [5, 5.41) is 0. The molecule has 1 heterocycles. The van der Waals surface area contributed by atoms with Crippen molar-refractivity contribution >= 4 is 11.7 Å². The molecule has 0 unspecified atom stereocenters. The van der Waals surface area contributed by atoms with Gasteiger partial charge in [-0.05, 0) is 19.3 Å². The number of ketones is 1. The molecule has 14 heavy (non-hydrogen) atoms. The summed E-state index contributed by atoms with van der Waals surface area (Å²) < 4.78 is 0. The molecular formula is C11H17NO2. The third kappa shape index (κ3) is 1.81. The van der Waals surface area contributed by atoms with Crippen LogP contribution in [0.5, 0.6) is 0 Å². The number of nitrogens with zero attached hydrogens (tertiary/aromatic N) is 1. The maximum Gasteiger partial charge on any atom is 0.290 e. The number of likely N-dealkylation sites (tertiary alicyclic amines) is 1. The Balaban J connectivity index is 2.00. The molecule has 2 fully saturated rings. The molecule has 2 rings (SSSR count). The molecule has 1 saturated heterocycles. The van der Waals surface area contributed by atoms with Gasteiger partial charge >= 0.3 is 0 Å². The Hall–Kier alpha value is -0.860. The lowest BCUT2D eigenvalue weighted by molar-refractivity contribution is -0.149. The van der Waals surface area contributed by atoms with Crippen LogP contribution in [-0.2, 0) is 9.59 Å². The zero-order chi connectivity index (χ0) is 9.97. The number of amides is 1. The van der Waals surface area contributed by atoms with Crippen molar-refractivity contribution in [2.24, 2.45) is 0 Å². The van der Waals surface area contributed by atoms with Gasteiger partial charge in [-0.1, -0.05) is 19.3 Å². The summed E-state index contributed by atoms with van der Waals surface area (Å²) in [6.45, 7) is 0.801. The van der Waals surface area contributed by atoms with Crippen LogP contribution in [0.2, 0.25) is 0 Å². The monoisotopic (exact) mass is 195 g/mol. The van der Waals surface area contributed by atoms with Crippen LogP contribution in [0.4, 0.5) is 0 Å². The molecule has 0 atom stereocenters. The molecule has 0 radical (unpaired) electrons. The van der Waals surface area contributed by atoms with Crippen molar-refractivity contribution in [3.63, 3.8) is 0 Å². The van der Waals surface area contributed by atoms with E-state index < -0.39 is 0 Å². The van der Waals surface area contributed by atoms with Gasteiger partial charge in [0, 0.05) is 19.0 Å². The first kappa shape index (κ1) is 9.69. The number of carbonyl (C=O) groups is 2. The van der Waals surface area contributed by atoms with E-state index in [-0.39, 0.29) is 11.7 Å². The predicted molar refractivity (Wildman–Crippen MR) is 52.8 cm³/mol. The van der Waals surface area contributed by atoms with E-state index in [1.807, 2.05) is 4.90 Å². The summed E-state index contributed by atoms with van der Waals surface area (Å²) in [4.78, 5) is 24.7. The molecule has 3 heteroatoms. The number of piperidine rings is 1. The van der Waals surface area contributed by atoms with Gasteiger partial charge in [0.25, 0.3) is 5.91 Å². The Morgan fingerprint density at radius 3 is 2.43 bits per heavy atom. The van der Waals surface area contributed by atoms with E-state index in [4.69, 9.17) is 0 Å². The topological polar surface area (TPSA) is 37.4 Å². The Labute approximate surface area is 84.5 Å². The van der Waals surface area contributed by atoms with Gasteiger partial charge in [0.2, 0.25) is 5.78 Å². The van der Waals surface area contributed by atoms with Crippen LogP contribution in [0.1, 0.15) is 44.9 Å². The molecule has 0 bridgehead atoms. The quantitative estimate of drug-likeness (QED) is 0.595. The van der Waals surface area contributed by atoms with E-state index in [1.165, 1.54) is 19.3 Å². The fourth-order valence-electron chi connectivity index (χ4n) is 2.52. The van der Waals surface area contributed by atoms with Gasteiger partial charge in [0.1, 0.15) is 0 Å². The molecule has 0 aromatic carbocycles. The first-order valence-corrected chi connectivity index (χ1v) is 5.63. The summed E-state index contributed by atoms with van der Waals surface area (Å²) in [7, 11) is 0. The maximum atomic E-state index is 11.6. The third-order valence-corrected chi connectivity index (χ3v) is 3.32. The normalized spacial score (nSPS) is 25.6. The Kier molecular flexibility index (Phi) is 2.85. The van der Waals surface area contributed by atoms with Gasteiger partial charge in [-0.25, -0.2) is 0 Å². The highest BCUT2D eigenvalue weighted by Gasteiger charge is 2.31. The minimum absolute atomic E-state index is 0.179. The number of Topliss-reactive ketones (excluding diaryl/α,β-unsaturated/α-hetero) is 1. The van der Waals surface area contributed by atoms with Crippen molar-refractivity contribution in [2.75, 3.05) is 6.54 Å². The SMILES string of the molecule is O=C1CCCN(C2CCCCC2)C1=O. The highest BCUT2D eigenvalue weighted by molar-refractivity contribution is 6.36. The largest absolute Gasteiger partial charge is 0.333 e. The Morgan fingerprint density at radius 2 is 1.71 bits per heavy atom. The van der Waals surface area contributed by atoms with Crippen LogP contribution in [0.25, 0.3) is 0 Å². The van der Waals surface area contributed by atoms with Crippen LogP contribution in [-0.4, -0.2) is 29.2 Å². The van der Waals surface area contributed by atoms with Crippen LogP contribution >= 0.6 is 0 Å². The average molecular weight is 195 g/mol. The summed E-state index contributed by atoms with van der Waals surface area (Å²) in [5.41, 5.74) is 0. The van der Waals surface area contributed by atoms with E-state index in [2.05, 4.69) is 0 Å². The van der Waals surface area contributed by atoms with Crippen molar-refractivity contribution < 1.29 is 9.59 Å². The molecule has 78 valence electrons. The molecule has 1 aliphatic carbocycles. The van der Waals surface area contributed by atoms with Crippen LogP contribution < -0.4 is 0 Å². The molecule has 0 aromatic rings. The van der Waals surface area contributed by atoms with E-state index >= 15 is 0 Å². The van der Waals surface area contributed by atoms with Crippen molar-refractivity contribution in [3.05, 3.63) is 0 Å². The lowest BCUT2D eigenvalue weighted by atomic mass is 9.92. The number of carbonyl (C=O) groups excluding carboxylic acids is 2. The fourth-order valence-corrected chi connectivity index (χ4v) is 2.52.